The zero-order valence-electron chi connectivity index (χ0n) is 15.8. The molecule has 2 atom stereocenters. The first-order valence-electron chi connectivity index (χ1n) is 9.60. The molecular weight excluding hydrogens is 373 g/mol. The molecule has 2 aliphatic rings. The number of amides is 2. The third kappa shape index (κ3) is 4.84. The van der Waals surface area contributed by atoms with Gasteiger partial charge < -0.3 is 15.0 Å². The van der Waals surface area contributed by atoms with Gasteiger partial charge in [-0.05, 0) is 43.4 Å². The van der Waals surface area contributed by atoms with Gasteiger partial charge in [-0.2, -0.15) is 13.2 Å². The number of hydrogen-bond acceptors (Lipinski definition) is 3. The molecule has 2 heterocycles. The second kappa shape index (κ2) is 8.51. The fourth-order valence-corrected chi connectivity index (χ4v) is 3.79. The lowest BCUT2D eigenvalue weighted by Gasteiger charge is -2.31. The van der Waals surface area contributed by atoms with Crippen molar-refractivity contribution in [2.45, 2.75) is 50.9 Å². The van der Waals surface area contributed by atoms with E-state index in [1.807, 2.05) is 4.90 Å². The largest absolute Gasteiger partial charge is 0.416 e. The number of alkyl halides is 3. The summed E-state index contributed by atoms with van der Waals surface area (Å²) in [6.07, 6.45) is -1.85. The van der Waals surface area contributed by atoms with Crippen LogP contribution in [0.1, 0.15) is 37.3 Å². The standard InChI is InChI=1S/C20H25F3N2O3/c1-13(12-14-2-4-15(5-3-14)20(21,22)23)18(26)24-17-6-9-25(19(17)27)16-7-10-28-11-8-16/h2-5,13,16-17H,6-12H2,1H3,(H,24,26). The minimum Gasteiger partial charge on any atom is -0.381 e. The van der Waals surface area contributed by atoms with Crippen molar-refractivity contribution in [3.05, 3.63) is 35.4 Å². The lowest BCUT2D eigenvalue weighted by Crippen LogP contribution is -2.47. The molecule has 2 fully saturated rings. The molecule has 0 spiro atoms. The number of carbonyl (C=O) groups is 2. The Balaban J connectivity index is 1.52. The summed E-state index contributed by atoms with van der Waals surface area (Å²) in [5.41, 5.74) is -0.0599. The molecule has 28 heavy (non-hydrogen) atoms. The minimum atomic E-state index is -4.37. The Kier molecular flexibility index (Phi) is 6.27. The van der Waals surface area contributed by atoms with Gasteiger partial charge in [0.15, 0.2) is 0 Å². The highest BCUT2D eigenvalue weighted by atomic mass is 19.4. The van der Waals surface area contributed by atoms with E-state index in [0.717, 1.165) is 25.0 Å². The van der Waals surface area contributed by atoms with Crippen molar-refractivity contribution in [3.63, 3.8) is 0 Å². The van der Waals surface area contributed by atoms with Gasteiger partial charge in [0.2, 0.25) is 11.8 Å². The normalized spacial score (nSPS) is 22.4. The fraction of sp³-hybridized carbons (Fsp3) is 0.600. The summed E-state index contributed by atoms with van der Waals surface area (Å²) in [7, 11) is 0. The zero-order chi connectivity index (χ0) is 20.3. The second-order valence-corrected chi connectivity index (χ2v) is 7.52. The average Bonchev–Trinajstić information content (AvgIpc) is 3.02. The molecule has 8 heteroatoms. The van der Waals surface area contributed by atoms with Crippen LogP contribution < -0.4 is 5.32 Å². The first-order valence-corrected chi connectivity index (χ1v) is 9.60. The molecule has 5 nitrogen and oxygen atoms in total. The van der Waals surface area contributed by atoms with Crippen LogP contribution in [0.5, 0.6) is 0 Å². The van der Waals surface area contributed by atoms with Gasteiger partial charge in [0.1, 0.15) is 6.04 Å². The third-order valence-corrected chi connectivity index (χ3v) is 5.46. The fourth-order valence-electron chi connectivity index (χ4n) is 3.79. The Labute approximate surface area is 162 Å². The summed E-state index contributed by atoms with van der Waals surface area (Å²) in [4.78, 5) is 26.9. The monoisotopic (exact) mass is 398 g/mol. The van der Waals surface area contributed by atoms with Crippen molar-refractivity contribution >= 4 is 11.8 Å². The Hall–Kier alpha value is -2.09. The Morgan fingerprint density at radius 2 is 1.86 bits per heavy atom. The Morgan fingerprint density at radius 3 is 2.46 bits per heavy atom. The van der Waals surface area contributed by atoms with Gasteiger partial charge in [-0.1, -0.05) is 19.1 Å². The summed E-state index contributed by atoms with van der Waals surface area (Å²) >= 11 is 0. The SMILES string of the molecule is CC(Cc1ccc(C(F)(F)F)cc1)C(=O)NC1CCN(C2CCOCC2)C1=O. The second-order valence-electron chi connectivity index (χ2n) is 7.52. The number of nitrogens with one attached hydrogen (secondary N) is 1. The number of benzene rings is 1. The molecule has 2 amide bonds. The highest BCUT2D eigenvalue weighted by Gasteiger charge is 2.37. The van der Waals surface area contributed by atoms with E-state index in [-0.39, 0.29) is 17.9 Å². The van der Waals surface area contributed by atoms with Crippen molar-refractivity contribution in [2.75, 3.05) is 19.8 Å². The van der Waals surface area contributed by atoms with Crippen molar-refractivity contribution in [3.8, 4) is 0 Å². The van der Waals surface area contributed by atoms with Crippen molar-refractivity contribution in [1.29, 1.82) is 0 Å². The number of halogens is 3. The molecule has 0 saturated carbocycles. The maximum Gasteiger partial charge on any atom is 0.416 e. The van der Waals surface area contributed by atoms with Crippen LogP contribution in [-0.4, -0.2) is 48.6 Å². The summed E-state index contributed by atoms with van der Waals surface area (Å²) in [5.74, 6) is -0.754. The number of carbonyl (C=O) groups excluding carboxylic acids is 2. The maximum atomic E-state index is 12.6. The van der Waals surface area contributed by atoms with E-state index < -0.39 is 23.7 Å². The maximum absolute atomic E-state index is 12.6. The highest BCUT2D eigenvalue weighted by molar-refractivity contribution is 5.90. The average molecular weight is 398 g/mol. The van der Waals surface area contributed by atoms with E-state index >= 15 is 0 Å². The van der Waals surface area contributed by atoms with Crippen LogP contribution in [-0.2, 0) is 26.9 Å². The van der Waals surface area contributed by atoms with E-state index in [4.69, 9.17) is 4.74 Å². The van der Waals surface area contributed by atoms with Crippen LogP contribution >= 0.6 is 0 Å². The molecular formula is C20H25F3N2O3. The molecule has 2 unspecified atom stereocenters. The van der Waals surface area contributed by atoms with Gasteiger partial charge >= 0.3 is 6.18 Å². The molecule has 0 aromatic heterocycles. The van der Waals surface area contributed by atoms with Gasteiger partial charge in [0.05, 0.1) is 5.56 Å². The topological polar surface area (TPSA) is 58.6 Å². The van der Waals surface area contributed by atoms with Gasteiger partial charge in [-0.25, -0.2) is 0 Å². The van der Waals surface area contributed by atoms with Gasteiger partial charge in [0, 0.05) is 31.7 Å². The molecule has 3 rings (SSSR count). The number of hydrogen-bond donors (Lipinski definition) is 1. The van der Waals surface area contributed by atoms with Crippen molar-refractivity contribution in [1.82, 2.24) is 10.2 Å². The first kappa shape index (κ1) is 20.6. The number of likely N-dealkylation sites (tertiary alicyclic amines) is 1. The number of rotatable bonds is 5. The molecule has 1 N–H and O–H groups in total. The van der Waals surface area contributed by atoms with Crippen molar-refractivity contribution in [2.24, 2.45) is 5.92 Å². The van der Waals surface area contributed by atoms with E-state index in [9.17, 15) is 22.8 Å². The molecule has 154 valence electrons. The van der Waals surface area contributed by atoms with E-state index in [1.165, 1.54) is 12.1 Å². The molecule has 2 saturated heterocycles. The van der Waals surface area contributed by atoms with Gasteiger partial charge in [-0.15, -0.1) is 0 Å². The zero-order valence-corrected chi connectivity index (χ0v) is 15.8. The first-order chi connectivity index (χ1) is 13.3. The summed E-state index contributed by atoms with van der Waals surface area (Å²) in [6, 6.07) is 4.47. The predicted octanol–water partition coefficient (Wildman–Crippen LogP) is 2.78. The van der Waals surface area contributed by atoms with Crippen LogP contribution in [0.25, 0.3) is 0 Å². The van der Waals surface area contributed by atoms with Crippen molar-refractivity contribution < 1.29 is 27.5 Å². The number of nitrogens with zero attached hydrogens (tertiary/aromatic N) is 1. The predicted molar refractivity (Wildman–Crippen MR) is 96.4 cm³/mol. The molecule has 1 aromatic rings. The lowest BCUT2D eigenvalue weighted by molar-refractivity contribution is -0.137. The van der Waals surface area contributed by atoms with Crippen LogP contribution in [0.2, 0.25) is 0 Å². The summed E-state index contributed by atoms with van der Waals surface area (Å²) in [5, 5.41) is 2.81. The Morgan fingerprint density at radius 1 is 1.21 bits per heavy atom. The minimum absolute atomic E-state index is 0.0537. The van der Waals surface area contributed by atoms with E-state index in [0.29, 0.717) is 38.2 Å². The Bertz CT molecular complexity index is 700. The number of ether oxygens (including phenoxy) is 1. The lowest BCUT2D eigenvalue weighted by atomic mass is 9.99. The summed E-state index contributed by atoms with van der Waals surface area (Å²) in [6.45, 7) is 3.63. The highest BCUT2D eigenvalue weighted by Crippen LogP contribution is 2.29. The molecule has 0 bridgehead atoms. The quantitative estimate of drug-likeness (QED) is 0.830. The molecule has 0 aliphatic carbocycles. The summed E-state index contributed by atoms with van der Waals surface area (Å²) < 4.78 is 43.2. The van der Waals surface area contributed by atoms with Crippen LogP contribution in [0.15, 0.2) is 24.3 Å². The smallest absolute Gasteiger partial charge is 0.381 e. The van der Waals surface area contributed by atoms with Crippen LogP contribution in [0.4, 0.5) is 13.2 Å². The molecule has 2 aliphatic heterocycles. The van der Waals surface area contributed by atoms with Crippen LogP contribution in [0, 0.1) is 5.92 Å². The molecule has 0 radical (unpaired) electrons. The van der Waals surface area contributed by atoms with Gasteiger partial charge in [-0.3, -0.25) is 9.59 Å². The van der Waals surface area contributed by atoms with Crippen LogP contribution in [0.3, 0.4) is 0 Å². The van der Waals surface area contributed by atoms with Gasteiger partial charge in [0.25, 0.3) is 0 Å². The van der Waals surface area contributed by atoms with E-state index in [2.05, 4.69) is 5.32 Å². The van der Waals surface area contributed by atoms with E-state index in [1.54, 1.807) is 6.92 Å². The molecule has 1 aromatic carbocycles. The third-order valence-electron chi connectivity index (χ3n) is 5.46.